The van der Waals surface area contributed by atoms with E-state index in [1.165, 1.54) is 10.9 Å². The minimum atomic E-state index is 0.186. The van der Waals surface area contributed by atoms with Gasteiger partial charge in [-0.05, 0) is 30.7 Å². The number of rotatable bonds is 7. The molecule has 1 N–H and O–H groups in total. The van der Waals surface area contributed by atoms with Crippen LogP contribution in [0.2, 0.25) is 0 Å². The van der Waals surface area contributed by atoms with Gasteiger partial charge >= 0.3 is 0 Å². The summed E-state index contributed by atoms with van der Waals surface area (Å²) >= 11 is 0. The minimum Gasteiger partial charge on any atom is -0.379 e. The van der Waals surface area contributed by atoms with Crippen LogP contribution in [0.1, 0.15) is 38.3 Å². The molecule has 3 nitrogen and oxygen atoms in total. The number of pyridine rings is 1. The number of hydrogen-bond donors (Lipinski definition) is 1. The maximum atomic E-state index is 5.73. The summed E-state index contributed by atoms with van der Waals surface area (Å²) in [6, 6.07) is 10.7. The van der Waals surface area contributed by atoms with Gasteiger partial charge in [-0.1, -0.05) is 38.5 Å². The van der Waals surface area contributed by atoms with Crippen molar-refractivity contribution < 1.29 is 4.74 Å². The van der Waals surface area contributed by atoms with Crippen LogP contribution in [-0.4, -0.2) is 24.7 Å². The number of nitrogens with zero attached hydrogens (tertiary/aromatic N) is 1. The normalized spacial score (nSPS) is 14.3. The summed E-state index contributed by atoms with van der Waals surface area (Å²) in [7, 11) is 1.80. The number of likely N-dealkylation sites (N-methyl/N-ethyl adjacent to an activating group) is 1. The van der Waals surface area contributed by atoms with Crippen LogP contribution in [0.4, 0.5) is 0 Å². The summed E-state index contributed by atoms with van der Waals surface area (Å²) in [6.07, 6.45) is 4.19. The molecule has 0 saturated carbocycles. The number of nitrogens with one attached hydrogen (secondary N) is 1. The fourth-order valence-corrected chi connectivity index (χ4v) is 2.77. The van der Waals surface area contributed by atoms with Gasteiger partial charge in [0.15, 0.2) is 0 Å². The molecule has 20 heavy (non-hydrogen) atoms. The zero-order chi connectivity index (χ0) is 14.4. The maximum Gasteiger partial charge on any atom is 0.0766 e. The van der Waals surface area contributed by atoms with Crippen molar-refractivity contribution in [2.45, 2.75) is 38.8 Å². The lowest BCUT2D eigenvalue weighted by Gasteiger charge is -2.28. The third-order valence-corrected chi connectivity index (χ3v) is 3.69. The van der Waals surface area contributed by atoms with E-state index in [1.54, 1.807) is 7.11 Å². The highest BCUT2D eigenvalue weighted by Gasteiger charge is 2.23. The fourth-order valence-electron chi connectivity index (χ4n) is 2.77. The van der Waals surface area contributed by atoms with Gasteiger partial charge in [-0.3, -0.25) is 4.98 Å². The Bertz CT molecular complexity index is 536. The Labute approximate surface area is 121 Å². The van der Waals surface area contributed by atoms with Gasteiger partial charge in [0, 0.05) is 18.7 Å². The smallest absolute Gasteiger partial charge is 0.0766 e. The first kappa shape index (κ1) is 14.9. The van der Waals surface area contributed by atoms with E-state index >= 15 is 0 Å². The molecule has 2 aromatic rings. The van der Waals surface area contributed by atoms with Gasteiger partial charge in [-0.2, -0.15) is 0 Å². The first-order valence-corrected chi connectivity index (χ1v) is 7.41. The van der Waals surface area contributed by atoms with E-state index in [9.17, 15) is 0 Å². The third-order valence-electron chi connectivity index (χ3n) is 3.69. The average Bonchev–Trinajstić information content (AvgIpc) is 2.50. The van der Waals surface area contributed by atoms with E-state index < -0.39 is 0 Å². The average molecular weight is 272 g/mol. The summed E-state index contributed by atoms with van der Waals surface area (Å²) in [5.74, 6) is 0. The van der Waals surface area contributed by atoms with E-state index in [1.807, 2.05) is 12.3 Å². The molecule has 1 aromatic heterocycles. The van der Waals surface area contributed by atoms with Crippen molar-refractivity contribution in [3.05, 3.63) is 42.1 Å². The van der Waals surface area contributed by atoms with Crippen LogP contribution >= 0.6 is 0 Å². The zero-order valence-electron chi connectivity index (χ0n) is 12.6. The highest BCUT2D eigenvalue weighted by molar-refractivity contribution is 5.82. The fraction of sp³-hybridized carbons (Fsp3) is 0.471. The minimum absolute atomic E-state index is 0.186. The summed E-state index contributed by atoms with van der Waals surface area (Å²) in [6.45, 7) is 5.25. The van der Waals surface area contributed by atoms with Gasteiger partial charge in [-0.15, -0.1) is 0 Å². The van der Waals surface area contributed by atoms with E-state index in [-0.39, 0.29) is 12.1 Å². The third kappa shape index (κ3) is 3.17. The molecule has 0 radical (unpaired) electrons. The molecule has 3 heteroatoms. The highest BCUT2D eigenvalue weighted by Crippen LogP contribution is 2.28. The zero-order valence-corrected chi connectivity index (χ0v) is 12.6. The van der Waals surface area contributed by atoms with E-state index in [0.29, 0.717) is 0 Å². The summed E-state index contributed by atoms with van der Waals surface area (Å²) in [5, 5.41) is 4.78. The molecular weight excluding hydrogens is 248 g/mol. The molecule has 1 heterocycles. The van der Waals surface area contributed by atoms with Crippen LogP contribution in [0.15, 0.2) is 36.5 Å². The molecular formula is C17H24N2O. The molecule has 0 aliphatic carbocycles. The molecule has 0 saturated heterocycles. The molecule has 0 spiro atoms. The van der Waals surface area contributed by atoms with E-state index in [4.69, 9.17) is 4.74 Å². The van der Waals surface area contributed by atoms with E-state index in [2.05, 4.69) is 48.4 Å². The number of aromatic nitrogens is 1. The molecule has 2 atom stereocenters. The Morgan fingerprint density at radius 3 is 2.75 bits per heavy atom. The van der Waals surface area contributed by atoms with E-state index in [0.717, 1.165) is 24.9 Å². The van der Waals surface area contributed by atoms with Crippen molar-refractivity contribution in [1.29, 1.82) is 0 Å². The molecule has 2 unspecified atom stereocenters. The Kier molecular flexibility index (Phi) is 5.50. The molecule has 0 bridgehead atoms. The van der Waals surface area contributed by atoms with Crippen molar-refractivity contribution in [1.82, 2.24) is 10.3 Å². The summed E-state index contributed by atoms with van der Waals surface area (Å²) in [4.78, 5) is 4.45. The first-order chi connectivity index (χ1) is 9.81. The van der Waals surface area contributed by atoms with Crippen LogP contribution in [0.25, 0.3) is 10.9 Å². The van der Waals surface area contributed by atoms with Gasteiger partial charge in [0.25, 0.3) is 0 Å². The quantitative estimate of drug-likeness (QED) is 0.834. The number of methoxy groups -OCH3 is 1. The summed E-state index contributed by atoms with van der Waals surface area (Å²) < 4.78 is 5.73. The standard InChI is InChI=1S/C17H24N2O/c1-4-8-16(20-3)17(18-5-2)14-9-6-11-15-13(14)10-7-12-19-15/h6-7,9-12,16-18H,4-5,8H2,1-3H3. The van der Waals surface area contributed by atoms with Crippen molar-refractivity contribution >= 4 is 10.9 Å². The molecule has 0 fully saturated rings. The Hall–Kier alpha value is -1.45. The number of ether oxygens (including phenoxy) is 1. The summed E-state index contributed by atoms with van der Waals surface area (Å²) in [5.41, 5.74) is 2.32. The Morgan fingerprint density at radius 1 is 1.20 bits per heavy atom. The predicted molar refractivity (Wildman–Crippen MR) is 83.9 cm³/mol. The largest absolute Gasteiger partial charge is 0.379 e. The Balaban J connectivity index is 2.45. The van der Waals surface area contributed by atoms with Crippen LogP contribution in [0.3, 0.4) is 0 Å². The second-order valence-corrected chi connectivity index (χ2v) is 5.02. The molecule has 0 amide bonds. The van der Waals surface area contributed by atoms with Crippen LogP contribution in [-0.2, 0) is 4.74 Å². The van der Waals surface area contributed by atoms with Crippen molar-refractivity contribution in [2.75, 3.05) is 13.7 Å². The molecule has 108 valence electrons. The van der Waals surface area contributed by atoms with Crippen LogP contribution in [0.5, 0.6) is 0 Å². The van der Waals surface area contributed by atoms with Gasteiger partial charge in [0.2, 0.25) is 0 Å². The van der Waals surface area contributed by atoms with Crippen molar-refractivity contribution in [2.24, 2.45) is 0 Å². The van der Waals surface area contributed by atoms with Crippen LogP contribution in [0, 0.1) is 0 Å². The van der Waals surface area contributed by atoms with Crippen molar-refractivity contribution in [3.8, 4) is 0 Å². The highest BCUT2D eigenvalue weighted by atomic mass is 16.5. The lowest BCUT2D eigenvalue weighted by Crippen LogP contribution is -2.33. The van der Waals surface area contributed by atoms with Gasteiger partial charge in [0.05, 0.1) is 17.7 Å². The second kappa shape index (κ2) is 7.36. The number of benzene rings is 1. The molecule has 2 rings (SSSR count). The number of fused-ring (bicyclic) bond motifs is 1. The monoisotopic (exact) mass is 272 g/mol. The lowest BCUT2D eigenvalue weighted by atomic mass is 9.94. The predicted octanol–water partition coefficient (Wildman–Crippen LogP) is 3.70. The topological polar surface area (TPSA) is 34.1 Å². The molecule has 0 aliphatic rings. The lowest BCUT2D eigenvalue weighted by molar-refractivity contribution is 0.0615. The van der Waals surface area contributed by atoms with Gasteiger partial charge < -0.3 is 10.1 Å². The van der Waals surface area contributed by atoms with Crippen LogP contribution < -0.4 is 5.32 Å². The van der Waals surface area contributed by atoms with Crippen molar-refractivity contribution in [3.63, 3.8) is 0 Å². The Morgan fingerprint density at radius 2 is 2.05 bits per heavy atom. The second-order valence-electron chi connectivity index (χ2n) is 5.02. The maximum absolute atomic E-state index is 5.73. The molecule has 0 aliphatic heterocycles. The number of hydrogen-bond acceptors (Lipinski definition) is 3. The SMILES string of the molecule is CCCC(OC)C(NCC)c1cccc2ncccc12. The van der Waals surface area contributed by atoms with Gasteiger partial charge in [-0.25, -0.2) is 0 Å². The molecule has 1 aromatic carbocycles. The van der Waals surface area contributed by atoms with Gasteiger partial charge in [0.1, 0.15) is 0 Å². The first-order valence-electron chi connectivity index (χ1n) is 7.41.